The average Bonchev–Trinajstić information content (AvgIpc) is 3.09. The standard InChI is InChI=1S/C13H18N4/c14-17-13(15-10-6-7-10)16-12-8-5-9-3-1-2-4-11(9)12/h1-4,10,12H,5-8,14H2,(H2,15,16,17). The minimum atomic E-state index is 0.253. The van der Waals surface area contributed by atoms with Gasteiger partial charge in [-0.1, -0.05) is 24.3 Å². The zero-order valence-corrected chi connectivity index (χ0v) is 9.82. The third kappa shape index (κ3) is 2.26. The highest BCUT2D eigenvalue weighted by atomic mass is 15.3. The Morgan fingerprint density at radius 3 is 2.82 bits per heavy atom. The summed E-state index contributed by atoms with van der Waals surface area (Å²) in [6, 6.07) is 9.35. The van der Waals surface area contributed by atoms with Gasteiger partial charge in [0.25, 0.3) is 0 Å². The molecule has 1 saturated carbocycles. The van der Waals surface area contributed by atoms with Crippen molar-refractivity contribution in [1.29, 1.82) is 0 Å². The summed E-state index contributed by atoms with van der Waals surface area (Å²) in [4.78, 5) is 4.68. The van der Waals surface area contributed by atoms with Gasteiger partial charge in [-0.25, -0.2) is 10.8 Å². The van der Waals surface area contributed by atoms with Crippen LogP contribution in [-0.2, 0) is 6.42 Å². The lowest BCUT2D eigenvalue weighted by atomic mass is 10.1. The fourth-order valence-corrected chi connectivity index (χ4v) is 2.36. The molecule has 90 valence electrons. The number of benzene rings is 1. The third-order valence-corrected chi connectivity index (χ3v) is 3.44. The van der Waals surface area contributed by atoms with Gasteiger partial charge in [0.05, 0.1) is 6.04 Å². The van der Waals surface area contributed by atoms with Crippen LogP contribution in [0, 0.1) is 0 Å². The quantitative estimate of drug-likeness (QED) is 0.310. The lowest BCUT2D eigenvalue weighted by molar-refractivity contribution is 0.693. The second-order valence-electron chi connectivity index (χ2n) is 4.79. The monoisotopic (exact) mass is 230 g/mol. The van der Waals surface area contributed by atoms with Crippen molar-refractivity contribution < 1.29 is 0 Å². The van der Waals surface area contributed by atoms with Gasteiger partial charge < -0.3 is 5.32 Å². The maximum Gasteiger partial charge on any atom is 0.206 e. The summed E-state index contributed by atoms with van der Waals surface area (Å²) in [6.45, 7) is 0. The summed E-state index contributed by atoms with van der Waals surface area (Å²) in [5.74, 6) is 6.23. The van der Waals surface area contributed by atoms with E-state index in [1.165, 1.54) is 24.0 Å². The molecule has 1 aromatic rings. The van der Waals surface area contributed by atoms with Gasteiger partial charge in [-0.3, -0.25) is 5.43 Å². The summed E-state index contributed by atoms with van der Waals surface area (Å²) in [6.07, 6.45) is 4.65. The smallest absolute Gasteiger partial charge is 0.206 e. The van der Waals surface area contributed by atoms with Crippen LogP contribution in [0.25, 0.3) is 0 Å². The highest BCUT2D eigenvalue weighted by Gasteiger charge is 2.25. The van der Waals surface area contributed by atoms with Gasteiger partial charge in [0, 0.05) is 6.04 Å². The number of rotatable bonds is 2. The van der Waals surface area contributed by atoms with E-state index in [1.807, 2.05) is 0 Å². The number of nitrogens with one attached hydrogen (secondary N) is 2. The van der Waals surface area contributed by atoms with Crippen LogP contribution in [-0.4, -0.2) is 12.0 Å². The van der Waals surface area contributed by atoms with E-state index in [0.717, 1.165) is 18.8 Å². The molecule has 0 heterocycles. The first-order valence-electron chi connectivity index (χ1n) is 6.25. The van der Waals surface area contributed by atoms with Crippen LogP contribution >= 0.6 is 0 Å². The molecule has 0 bridgehead atoms. The van der Waals surface area contributed by atoms with Crippen molar-refractivity contribution in [2.24, 2.45) is 10.8 Å². The minimum absolute atomic E-state index is 0.253. The molecular weight excluding hydrogens is 212 g/mol. The van der Waals surface area contributed by atoms with E-state index >= 15 is 0 Å². The van der Waals surface area contributed by atoms with Crippen LogP contribution in [0.5, 0.6) is 0 Å². The Bertz CT molecular complexity index is 437. The molecule has 1 atom stereocenters. The van der Waals surface area contributed by atoms with Crippen LogP contribution in [0.2, 0.25) is 0 Å². The topological polar surface area (TPSA) is 62.4 Å². The van der Waals surface area contributed by atoms with Crippen LogP contribution in [0.1, 0.15) is 36.4 Å². The lowest BCUT2D eigenvalue weighted by Crippen LogP contribution is -2.42. The zero-order valence-electron chi connectivity index (χ0n) is 9.82. The molecule has 0 aromatic heterocycles. The molecule has 1 aromatic carbocycles. The minimum Gasteiger partial charge on any atom is -0.353 e. The highest BCUT2D eigenvalue weighted by Crippen LogP contribution is 2.33. The summed E-state index contributed by atoms with van der Waals surface area (Å²) in [5, 5.41) is 3.31. The molecule has 2 aliphatic carbocycles. The van der Waals surface area contributed by atoms with Gasteiger partial charge in [0.15, 0.2) is 0 Å². The second kappa shape index (κ2) is 4.37. The van der Waals surface area contributed by atoms with Gasteiger partial charge in [-0.2, -0.15) is 0 Å². The van der Waals surface area contributed by atoms with E-state index in [9.17, 15) is 0 Å². The molecule has 0 saturated heterocycles. The van der Waals surface area contributed by atoms with Crippen LogP contribution in [0.3, 0.4) is 0 Å². The van der Waals surface area contributed by atoms with E-state index in [-0.39, 0.29) is 6.04 Å². The molecule has 0 aliphatic heterocycles. The number of fused-ring (bicyclic) bond motifs is 1. The van der Waals surface area contributed by atoms with Crippen molar-refractivity contribution in [2.75, 3.05) is 0 Å². The third-order valence-electron chi connectivity index (χ3n) is 3.44. The first-order valence-corrected chi connectivity index (χ1v) is 6.25. The molecule has 1 fully saturated rings. The van der Waals surface area contributed by atoms with E-state index in [0.29, 0.717) is 6.04 Å². The largest absolute Gasteiger partial charge is 0.353 e. The molecule has 3 rings (SSSR count). The Morgan fingerprint density at radius 1 is 1.24 bits per heavy atom. The summed E-state index contributed by atoms with van der Waals surface area (Å²) in [7, 11) is 0. The lowest BCUT2D eigenvalue weighted by Gasteiger charge is -2.12. The Morgan fingerprint density at radius 2 is 2.06 bits per heavy atom. The number of aliphatic imine (C=N–C) groups is 1. The molecule has 4 N–H and O–H groups in total. The summed E-state index contributed by atoms with van der Waals surface area (Å²) in [5.41, 5.74) is 5.44. The normalized spacial score (nSPS) is 23.4. The predicted octanol–water partition coefficient (Wildman–Crippen LogP) is 1.25. The van der Waals surface area contributed by atoms with E-state index in [2.05, 4.69) is 40.0 Å². The summed E-state index contributed by atoms with van der Waals surface area (Å²) >= 11 is 0. The number of aryl methyl sites for hydroxylation is 1. The SMILES string of the molecule is NNC(=NC1CCc2ccccc21)NC1CC1. The van der Waals surface area contributed by atoms with Crippen molar-refractivity contribution in [3.05, 3.63) is 35.4 Å². The van der Waals surface area contributed by atoms with Crippen LogP contribution < -0.4 is 16.6 Å². The molecule has 1 unspecified atom stereocenters. The van der Waals surface area contributed by atoms with E-state index < -0.39 is 0 Å². The Hall–Kier alpha value is -1.55. The van der Waals surface area contributed by atoms with E-state index in [4.69, 9.17) is 5.84 Å². The first-order chi connectivity index (χ1) is 8.36. The fraction of sp³-hybridized carbons (Fsp3) is 0.462. The Kier molecular flexibility index (Phi) is 2.73. The van der Waals surface area contributed by atoms with Gasteiger partial charge in [-0.15, -0.1) is 0 Å². The van der Waals surface area contributed by atoms with Gasteiger partial charge in [0.2, 0.25) is 5.96 Å². The zero-order chi connectivity index (χ0) is 11.7. The van der Waals surface area contributed by atoms with Crippen molar-refractivity contribution in [2.45, 2.75) is 37.8 Å². The van der Waals surface area contributed by atoms with E-state index in [1.54, 1.807) is 0 Å². The van der Waals surface area contributed by atoms with Crippen LogP contribution in [0.4, 0.5) is 0 Å². The average molecular weight is 230 g/mol. The molecule has 0 amide bonds. The number of guanidine groups is 1. The van der Waals surface area contributed by atoms with Crippen molar-refractivity contribution in [3.63, 3.8) is 0 Å². The molecular formula is C13H18N4. The molecule has 0 radical (unpaired) electrons. The molecule has 17 heavy (non-hydrogen) atoms. The number of hydrazine groups is 1. The Balaban J connectivity index is 1.78. The van der Waals surface area contributed by atoms with Gasteiger partial charge in [-0.05, 0) is 36.8 Å². The molecule has 0 spiro atoms. The van der Waals surface area contributed by atoms with Crippen molar-refractivity contribution >= 4 is 5.96 Å². The maximum atomic E-state index is 5.50. The number of hydrogen-bond donors (Lipinski definition) is 3. The highest BCUT2D eigenvalue weighted by molar-refractivity contribution is 5.80. The predicted molar refractivity (Wildman–Crippen MR) is 68.4 cm³/mol. The fourth-order valence-electron chi connectivity index (χ4n) is 2.36. The second-order valence-corrected chi connectivity index (χ2v) is 4.79. The number of hydrogen-bond acceptors (Lipinski definition) is 2. The van der Waals surface area contributed by atoms with Crippen LogP contribution in [0.15, 0.2) is 29.3 Å². The first kappa shape index (κ1) is 10.6. The maximum absolute atomic E-state index is 5.50. The molecule has 4 heteroatoms. The Labute approximate surface area is 101 Å². The summed E-state index contributed by atoms with van der Waals surface area (Å²) < 4.78 is 0. The van der Waals surface area contributed by atoms with Crippen molar-refractivity contribution in [1.82, 2.24) is 10.7 Å². The molecule has 2 aliphatic rings. The van der Waals surface area contributed by atoms with Crippen molar-refractivity contribution in [3.8, 4) is 0 Å². The van der Waals surface area contributed by atoms with Gasteiger partial charge >= 0.3 is 0 Å². The number of nitrogens with zero attached hydrogens (tertiary/aromatic N) is 1. The van der Waals surface area contributed by atoms with Gasteiger partial charge in [0.1, 0.15) is 0 Å². The molecule has 4 nitrogen and oxygen atoms in total. The number of nitrogens with two attached hydrogens (primary N) is 1.